The van der Waals surface area contributed by atoms with Crippen LogP contribution < -0.4 is 10.1 Å². The number of nitrogens with zero attached hydrogens (tertiary/aromatic N) is 2. The minimum Gasteiger partial charge on any atom is -0.215 e. The van der Waals surface area contributed by atoms with Crippen molar-refractivity contribution in [3.8, 4) is 0 Å². The fourth-order valence-corrected chi connectivity index (χ4v) is 7.94. The zero-order chi connectivity index (χ0) is 24.9. The summed E-state index contributed by atoms with van der Waals surface area (Å²) < 4.78 is 0. The van der Waals surface area contributed by atoms with Crippen molar-refractivity contribution in [1.82, 2.24) is 0 Å². The van der Waals surface area contributed by atoms with Gasteiger partial charge in [0.15, 0.2) is 0 Å². The molecule has 0 unspecified atom stereocenters. The van der Waals surface area contributed by atoms with Crippen molar-refractivity contribution in [3.63, 3.8) is 0 Å². The van der Waals surface area contributed by atoms with Crippen LogP contribution in [0, 0.1) is 17.3 Å². The van der Waals surface area contributed by atoms with Gasteiger partial charge in [0.2, 0.25) is 0 Å². The first-order chi connectivity index (χ1) is 15.7. The molecule has 3 aliphatic rings. The summed E-state index contributed by atoms with van der Waals surface area (Å²) in [5.41, 5.74) is 2.80. The molecule has 2 radical (unpaired) electrons. The van der Waals surface area contributed by atoms with Gasteiger partial charge in [0.05, 0.1) is 22.5 Å². The second-order valence-electron chi connectivity index (χ2n) is 13.1. The van der Waals surface area contributed by atoms with Crippen LogP contribution in [0.25, 0.3) is 0 Å². The Hall–Kier alpha value is -2.30. The normalized spacial score (nSPS) is 30.9. The van der Waals surface area contributed by atoms with Gasteiger partial charge in [-0.1, -0.05) is 60.7 Å². The molecule has 34 heavy (non-hydrogen) atoms. The maximum atomic E-state index is 13.1. The Morgan fingerprint density at radius 2 is 1.24 bits per heavy atom. The van der Waals surface area contributed by atoms with Crippen molar-refractivity contribution in [2.75, 3.05) is 10.1 Å². The molecule has 4 nitrogen and oxygen atoms in total. The van der Waals surface area contributed by atoms with E-state index in [-0.39, 0.29) is 16.2 Å². The van der Waals surface area contributed by atoms with E-state index < -0.39 is 11.1 Å². The van der Waals surface area contributed by atoms with E-state index in [1.54, 1.807) is 0 Å². The molecular formula is C30H38N2O2. The van der Waals surface area contributed by atoms with Crippen molar-refractivity contribution >= 4 is 11.4 Å². The largest absolute Gasteiger partial charge is 0.215 e. The van der Waals surface area contributed by atoms with Gasteiger partial charge in [0, 0.05) is 10.8 Å². The fraction of sp³-hybridized carbons (Fsp3) is 0.533. The highest BCUT2D eigenvalue weighted by molar-refractivity contribution is 5.69. The van der Waals surface area contributed by atoms with Gasteiger partial charge in [-0.3, -0.25) is 0 Å². The summed E-state index contributed by atoms with van der Waals surface area (Å²) in [6.07, 6.45) is 5.80. The van der Waals surface area contributed by atoms with Crippen LogP contribution in [0.5, 0.6) is 0 Å². The summed E-state index contributed by atoms with van der Waals surface area (Å²) in [6, 6.07) is 16.6. The predicted octanol–water partition coefficient (Wildman–Crippen LogP) is 7.01. The Labute approximate surface area is 204 Å². The predicted molar refractivity (Wildman–Crippen MR) is 137 cm³/mol. The SMILES string of the molecule is CC(C)(C)N([O])c1cccc([C@@]23[C@H]4C=CC[C@H]4[C@]2(c2cccc(N([O])C(C)(C)C)c2)C3(C)C)c1. The summed E-state index contributed by atoms with van der Waals surface area (Å²) in [5.74, 6) is 0.962. The quantitative estimate of drug-likeness (QED) is 0.365. The number of hydrogen-bond donors (Lipinski definition) is 0. The number of benzene rings is 2. The molecule has 180 valence electrons. The number of hydroxylamine groups is 2. The molecule has 0 N–H and O–H groups in total. The molecule has 2 aromatic carbocycles. The highest BCUT2D eigenvalue weighted by atomic mass is 16.5. The maximum Gasteiger partial charge on any atom is 0.0676 e. The number of rotatable bonds is 4. The molecule has 2 aromatic rings. The van der Waals surface area contributed by atoms with Gasteiger partial charge in [-0.2, -0.15) is 0 Å². The van der Waals surface area contributed by atoms with Crippen molar-refractivity contribution < 1.29 is 10.4 Å². The molecule has 0 heterocycles. The molecule has 0 amide bonds. The van der Waals surface area contributed by atoms with Gasteiger partial charge < -0.3 is 0 Å². The monoisotopic (exact) mass is 458 g/mol. The van der Waals surface area contributed by atoms with E-state index in [0.717, 1.165) is 22.2 Å². The Balaban J connectivity index is 1.66. The van der Waals surface area contributed by atoms with Crippen LogP contribution in [0.4, 0.5) is 11.4 Å². The van der Waals surface area contributed by atoms with E-state index in [2.05, 4.69) is 50.3 Å². The second-order valence-corrected chi connectivity index (χ2v) is 13.1. The Morgan fingerprint density at radius 3 is 1.71 bits per heavy atom. The number of anilines is 2. The topological polar surface area (TPSA) is 46.3 Å². The van der Waals surface area contributed by atoms with E-state index in [0.29, 0.717) is 17.5 Å². The van der Waals surface area contributed by atoms with Crippen LogP contribution in [0.15, 0.2) is 60.7 Å². The Morgan fingerprint density at radius 1 is 0.765 bits per heavy atom. The van der Waals surface area contributed by atoms with Crippen LogP contribution >= 0.6 is 0 Å². The number of fused-ring (bicyclic) bond motifs is 4. The first kappa shape index (κ1) is 23.4. The van der Waals surface area contributed by atoms with Crippen LogP contribution in [0.3, 0.4) is 0 Å². The molecule has 5 rings (SSSR count). The summed E-state index contributed by atoms with van der Waals surface area (Å²) in [7, 11) is 0. The molecule has 0 aliphatic heterocycles. The molecular weight excluding hydrogens is 420 g/mol. The highest BCUT2D eigenvalue weighted by Crippen LogP contribution is 2.94. The molecule has 0 aromatic heterocycles. The lowest BCUT2D eigenvalue weighted by Gasteiger charge is -2.49. The van der Waals surface area contributed by atoms with E-state index in [4.69, 9.17) is 0 Å². The minimum atomic E-state index is -0.499. The lowest BCUT2D eigenvalue weighted by atomic mass is 9.54. The van der Waals surface area contributed by atoms with Gasteiger partial charge in [-0.15, -0.1) is 0 Å². The molecule has 4 atom stereocenters. The average Bonchev–Trinajstić information content (AvgIpc) is 2.98. The first-order valence-corrected chi connectivity index (χ1v) is 12.5. The molecule has 0 saturated heterocycles. The molecule has 3 aliphatic carbocycles. The summed E-state index contributed by atoms with van der Waals surface area (Å²) >= 11 is 0. The van der Waals surface area contributed by atoms with Gasteiger partial charge >= 0.3 is 0 Å². The minimum absolute atomic E-state index is 0.00222. The van der Waals surface area contributed by atoms with E-state index in [1.807, 2.05) is 65.8 Å². The van der Waals surface area contributed by atoms with Crippen LogP contribution in [-0.2, 0) is 21.2 Å². The summed E-state index contributed by atoms with van der Waals surface area (Å²) in [4.78, 5) is 0. The van der Waals surface area contributed by atoms with E-state index in [1.165, 1.54) is 11.1 Å². The molecule has 2 fully saturated rings. The van der Waals surface area contributed by atoms with Crippen LogP contribution in [-0.4, -0.2) is 11.1 Å². The third-order valence-corrected chi connectivity index (χ3v) is 9.04. The lowest BCUT2D eigenvalue weighted by molar-refractivity contribution is 0.101. The molecule has 0 bridgehead atoms. The van der Waals surface area contributed by atoms with E-state index in [9.17, 15) is 10.4 Å². The van der Waals surface area contributed by atoms with Crippen LogP contribution in [0.1, 0.15) is 72.9 Å². The smallest absolute Gasteiger partial charge is 0.0676 e. The zero-order valence-electron chi connectivity index (χ0n) is 21.8. The average molecular weight is 459 g/mol. The van der Waals surface area contributed by atoms with Gasteiger partial charge in [-0.25, -0.2) is 10.1 Å². The third kappa shape index (κ3) is 2.62. The fourth-order valence-electron chi connectivity index (χ4n) is 7.94. The summed E-state index contributed by atoms with van der Waals surface area (Å²) in [5, 5.41) is 28.4. The highest BCUT2D eigenvalue weighted by Gasteiger charge is 2.95. The number of allylic oxidation sites excluding steroid dienone is 2. The van der Waals surface area contributed by atoms with Gasteiger partial charge in [-0.05, 0) is 101 Å². The first-order valence-electron chi connectivity index (χ1n) is 12.5. The van der Waals surface area contributed by atoms with Gasteiger partial charge in [0.25, 0.3) is 0 Å². The summed E-state index contributed by atoms with van der Waals surface area (Å²) in [6.45, 7) is 16.5. The standard InChI is InChI=1S/C30H38N2O2/c1-26(2,3)31(33)22-14-9-12-20(18-22)29-24-16-11-17-25(24)30(29,28(29,7)8)21-13-10-15-23(19-21)32(34)27(4,5)6/h9-16,18-19,24-25H,17H2,1-8H3/t24-,25+,29-,30+/m0/s1. The third-order valence-electron chi connectivity index (χ3n) is 9.04. The van der Waals surface area contributed by atoms with E-state index >= 15 is 0 Å². The number of hydrogen-bond acceptors (Lipinski definition) is 2. The molecule has 4 heteroatoms. The maximum absolute atomic E-state index is 13.1. The molecule has 2 saturated carbocycles. The molecule has 0 spiro atoms. The van der Waals surface area contributed by atoms with Crippen LogP contribution in [0.2, 0.25) is 0 Å². The lowest BCUT2D eigenvalue weighted by Crippen LogP contribution is -2.49. The van der Waals surface area contributed by atoms with Gasteiger partial charge in [0.1, 0.15) is 0 Å². The van der Waals surface area contributed by atoms with Crippen molar-refractivity contribution in [1.29, 1.82) is 0 Å². The Kier molecular flexibility index (Phi) is 4.75. The van der Waals surface area contributed by atoms with Crippen molar-refractivity contribution in [2.24, 2.45) is 17.3 Å². The van der Waals surface area contributed by atoms with Crippen molar-refractivity contribution in [2.45, 2.75) is 83.7 Å². The van der Waals surface area contributed by atoms with Crippen molar-refractivity contribution in [3.05, 3.63) is 71.8 Å². The zero-order valence-corrected chi connectivity index (χ0v) is 21.8. The second kappa shape index (κ2) is 6.89. The Bertz CT molecular complexity index is 1150.